The fraction of sp³-hybridized carbons (Fsp3) is 0.188. The number of nitro benzene ring substituents is 1. The highest BCUT2D eigenvalue weighted by molar-refractivity contribution is 5.94. The Balaban J connectivity index is 2.14. The number of benzene rings is 1. The Morgan fingerprint density at radius 1 is 1.33 bits per heavy atom. The molecule has 1 N–H and O–H groups in total. The van der Waals surface area contributed by atoms with Crippen LogP contribution in [0.3, 0.4) is 0 Å². The van der Waals surface area contributed by atoms with Crippen molar-refractivity contribution in [3.8, 4) is 0 Å². The molecule has 1 amide bonds. The number of aromatic nitrogens is 1. The van der Waals surface area contributed by atoms with E-state index < -0.39 is 16.4 Å². The highest BCUT2D eigenvalue weighted by Crippen LogP contribution is 2.11. The van der Waals surface area contributed by atoms with Gasteiger partial charge in [0.25, 0.3) is 17.2 Å². The number of hydrazone groups is 1. The summed E-state index contributed by atoms with van der Waals surface area (Å²) in [5.74, 6) is -0.642. The van der Waals surface area contributed by atoms with E-state index in [2.05, 4.69) is 10.5 Å². The number of non-ortho nitro benzene ring substituents is 1. The van der Waals surface area contributed by atoms with Crippen LogP contribution in [-0.2, 0) is 0 Å². The Hall–Kier alpha value is -3.29. The number of nitro groups is 1. The van der Waals surface area contributed by atoms with Gasteiger partial charge in [-0.2, -0.15) is 5.10 Å². The minimum absolute atomic E-state index is 0.0256. The van der Waals surface area contributed by atoms with Crippen LogP contribution < -0.4 is 11.0 Å². The Morgan fingerprint density at radius 3 is 2.75 bits per heavy atom. The molecule has 0 bridgehead atoms. The molecular formula is C16H16N4O4. The number of rotatable bonds is 5. The molecule has 0 unspecified atom stereocenters. The topological polar surface area (TPSA) is 107 Å². The fourth-order valence-corrected chi connectivity index (χ4v) is 2.03. The third kappa shape index (κ3) is 3.92. The highest BCUT2D eigenvalue weighted by atomic mass is 16.6. The number of carbonyl (C=O) groups excluding carboxylic acids is 1. The molecule has 2 rings (SSSR count). The predicted molar refractivity (Wildman–Crippen MR) is 89.2 cm³/mol. The fourth-order valence-electron chi connectivity index (χ4n) is 2.03. The number of nitrogens with zero attached hydrogens (tertiary/aromatic N) is 3. The van der Waals surface area contributed by atoms with Crippen molar-refractivity contribution in [3.63, 3.8) is 0 Å². The molecule has 0 fully saturated rings. The molecule has 124 valence electrons. The highest BCUT2D eigenvalue weighted by Gasteiger charge is 2.12. The quantitative estimate of drug-likeness (QED) is 0.515. The molecule has 1 heterocycles. The van der Waals surface area contributed by atoms with Gasteiger partial charge in [-0.05, 0) is 26.0 Å². The molecule has 8 nitrogen and oxygen atoms in total. The van der Waals surface area contributed by atoms with E-state index in [4.69, 9.17) is 0 Å². The number of amides is 1. The molecular weight excluding hydrogens is 312 g/mol. The van der Waals surface area contributed by atoms with Crippen LogP contribution in [0.15, 0.2) is 52.5 Å². The predicted octanol–water partition coefficient (Wildman–Crippen LogP) is 2.10. The van der Waals surface area contributed by atoms with E-state index in [-0.39, 0.29) is 17.3 Å². The maximum absolute atomic E-state index is 12.2. The van der Waals surface area contributed by atoms with E-state index in [0.717, 1.165) is 0 Å². The Bertz CT molecular complexity index is 855. The van der Waals surface area contributed by atoms with Crippen molar-refractivity contribution in [1.82, 2.24) is 9.99 Å². The van der Waals surface area contributed by atoms with E-state index >= 15 is 0 Å². The first kappa shape index (κ1) is 17.1. The van der Waals surface area contributed by atoms with Crippen molar-refractivity contribution in [2.75, 3.05) is 0 Å². The Morgan fingerprint density at radius 2 is 2.08 bits per heavy atom. The monoisotopic (exact) mass is 328 g/mol. The summed E-state index contributed by atoms with van der Waals surface area (Å²) < 4.78 is 1.44. The van der Waals surface area contributed by atoms with E-state index in [1.54, 1.807) is 18.3 Å². The molecule has 0 radical (unpaired) electrons. The zero-order valence-electron chi connectivity index (χ0n) is 13.2. The lowest BCUT2D eigenvalue weighted by molar-refractivity contribution is -0.384. The third-order valence-corrected chi connectivity index (χ3v) is 3.24. The second-order valence-electron chi connectivity index (χ2n) is 5.28. The molecule has 24 heavy (non-hydrogen) atoms. The van der Waals surface area contributed by atoms with Gasteiger partial charge in [-0.1, -0.05) is 12.1 Å². The minimum Gasteiger partial charge on any atom is -0.312 e. The van der Waals surface area contributed by atoms with Crippen molar-refractivity contribution in [1.29, 1.82) is 0 Å². The number of nitrogens with one attached hydrogen (secondary N) is 1. The van der Waals surface area contributed by atoms with E-state index in [9.17, 15) is 19.7 Å². The second-order valence-corrected chi connectivity index (χ2v) is 5.28. The first-order valence-electron chi connectivity index (χ1n) is 7.19. The van der Waals surface area contributed by atoms with E-state index in [0.29, 0.717) is 5.56 Å². The molecule has 2 aromatic rings. The molecule has 1 aromatic carbocycles. The van der Waals surface area contributed by atoms with Crippen LogP contribution in [0.5, 0.6) is 0 Å². The van der Waals surface area contributed by atoms with Gasteiger partial charge in [0.2, 0.25) is 0 Å². The van der Waals surface area contributed by atoms with Crippen LogP contribution >= 0.6 is 0 Å². The van der Waals surface area contributed by atoms with E-state index in [1.165, 1.54) is 35.0 Å². The number of pyridine rings is 1. The first-order valence-corrected chi connectivity index (χ1v) is 7.19. The number of carbonyl (C=O) groups is 1. The zero-order chi connectivity index (χ0) is 17.7. The summed E-state index contributed by atoms with van der Waals surface area (Å²) in [6, 6.07) is 8.76. The van der Waals surface area contributed by atoms with Gasteiger partial charge in [0.05, 0.1) is 11.1 Å². The molecule has 1 aromatic heterocycles. The largest absolute Gasteiger partial charge is 0.312 e. The summed E-state index contributed by atoms with van der Waals surface area (Å²) in [6.07, 6.45) is 2.88. The molecule has 0 aliphatic heterocycles. The van der Waals surface area contributed by atoms with Crippen LogP contribution in [0.2, 0.25) is 0 Å². The van der Waals surface area contributed by atoms with Gasteiger partial charge >= 0.3 is 0 Å². The first-order chi connectivity index (χ1) is 11.4. The maximum atomic E-state index is 12.2. The average Bonchev–Trinajstić information content (AvgIpc) is 2.54. The van der Waals surface area contributed by atoms with Gasteiger partial charge < -0.3 is 4.57 Å². The third-order valence-electron chi connectivity index (χ3n) is 3.24. The number of hydrogen-bond donors (Lipinski definition) is 1. The lowest BCUT2D eigenvalue weighted by atomic mass is 10.2. The molecule has 0 saturated carbocycles. The lowest BCUT2D eigenvalue weighted by Crippen LogP contribution is -2.31. The average molecular weight is 328 g/mol. The van der Waals surface area contributed by atoms with Gasteiger partial charge in [0.1, 0.15) is 5.56 Å². The molecule has 0 aliphatic carbocycles. The Kier molecular flexibility index (Phi) is 5.20. The standard InChI is InChI=1S/C16H16N4O4/c1-11(2)19-8-4-7-14(16(19)22)15(21)18-17-10-12-5-3-6-13(9-12)20(23)24/h3-11H,1-2H3,(H,18,21)/b17-10-. The summed E-state index contributed by atoms with van der Waals surface area (Å²) in [4.78, 5) is 34.4. The molecule has 0 atom stereocenters. The van der Waals surface area contributed by atoms with Crippen LogP contribution in [0.1, 0.15) is 35.8 Å². The summed E-state index contributed by atoms with van der Waals surface area (Å²) in [6.45, 7) is 3.67. The van der Waals surface area contributed by atoms with Crippen LogP contribution in [-0.4, -0.2) is 21.6 Å². The summed E-state index contributed by atoms with van der Waals surface area (Å²) in [7, 11) is 0. The summed E-state index contributed by atoms with van der Waals surface area (Å²) in [5, 5.41) is 14.4. The van der Waals surface area contributed by atoms with Crippen LogP contribution in [0.25, 0.3) is 0 Å². The Labute approximate surface area is 137 Å². The van der Waals surface area contributed by atoms with Crippen molar-refractivity contribution >= 4 is 17.8 Å². The summed E-state index contributed by atoms with van der Waals surface area (Å²) in [5.41, 5.74) is 2.20. The van der Waals surface area contributed by atoms with Crippen molar-refractivity contribution in [2.24, 2.45) is 5.10 Å². The van der Waals surface area contributed by atoms with Gasteiger partial charge in [0.15, 0.2) is 0 Å². The normalized spacial score (nSPS) is 11.0. The van der Waals surface area contributed by atoms with Gasteiger partial charge in [-0.25, -0.2) is 5.43 Å². The van der Waals surface area contributed by atoms with Crippen molar-refractivity contribution < 1.29 is 9.72 Å². The minimum atomic E-state index is -0.642. The van der Waals surface area contributed by atoms with Crippen molar-refractivity contribution in [2.45, 2.75) is 19.9 Å². The van der Waals surface area contributed by atoms with Gasteiger partial charge in [-0.15, -0.1) is 0 Å². The lowest BCUT2D eigenvalue weighted by Gasteiger charge is -2.10. The summed E-state index contributed by atoms with van der Waals surface area (Å²) >= 11 is 0. The zero-order valence-corrected chi connectivity index (χ0v) is 13.2. The molecule has 0 saturated heterocycles. The van der Waals surface area contributed by atoms with Gasteiger partial charge in [0, 0.05) is 29.9 Å². The molecule has 0 aliphatic rings. The van der Waals surface area contributed by atoms with Crippen LogP contribution in [0, 0.1) is 10.1 Å². The maximum Gasteiger partial charge on any atom is 0.276 e. The second kappa shape index (κ2) is 7.32. The smallest absolute Gasteiger partial charge is 0.276 e. The molecule has 0 spiro atoms. The molecule has 8 heteroatoms. The van der Waals surface area contributed by atoms with Crippen molar-refractivity contribution in [3.05, 3.63) is 74.2 Å². The number of hydrogen-bond acceptors (Lipinski definition) is 5. The van der Waals surface area contributed by atoms with Crippen LogP contribution in [0.4, 0.5) is 5.69 Å². The van der Waals surface area contributed by atoms with E-state index in [1.807, 2.05) is 13.8 Å². The SMILES string of the molecule is CC(C)n1cccc(C(=O)N/N=C\c2cccc([N+](=O)[O-])c2)c1=O. The van der Waals surface area contributed by atoms with Gasteiger partial charge in [-0.3, -0.25) is 19.7 Å².